The molecule has 0 aliphatic rings. The Kier molecular flexibility index (Phi) is 5.43. The van der Waals surface area contributed by atoms with E-state index in [0.717, 1.165) is 12.1 Å². The standard InChI is InChI=1S/C18H13F2N3O2S/c1-2-9-26-18-23-22-17(25-18)11-7-8-14(20)15(10-11)21-16(24)12-5-3-4-6-13(12)19/h2-8,10H,1,9H2,(H,21,24). The van der Waals surface area contributed by atoms with Gasteiger partial charge in [0.25, 0.3) is 11.1 Å². The van der Waals surface area contributed by atoms with Gasteiger partial charge in [-0.15, -0.1) is 16.8 Å². The Hall–Kier alpha value is -3.00. The minimum Gasteiger partial charge on any atom is -0.411 e. The van der Waals surface area contributed by atoms with Crippen molar-refractivity contribution in [2.45, 2.75) is 5.22 Å². The lowest BCUT2D eigenvalue weighted by Crippen LogP contribution is -2.14. The molecular weight excluding hydrogens is 360 g/mol. The van der Waals surface area contributed by atoms with Crippen LogP contribution in [0.1, 0.15) is 10.4 Å². The van der Waals surface area contributed by atoms with E-state index in [2.05, 4.69) is 22.1 Å². The third-order valence-corrected chi connectivity index (χ3v) is 4.13. The van der Waals surface area contributed by atoms with Crippen LogP contribution >= 0.6 is 11.8 Å². The number of aromatic nitrogens is 2. The third-order valence-electron chi connectivity index (χ3n) is 3.31. The lowest BCUT2D eigenvalue weighted by Gasteiger charge is -2.08. The Labute approximate surface area is 152 Å². The summed E-state index contributed by atoms with van der Waals surface area (Å²) in [6.45, 7) is 3.60. The van der Waals surface area contributed by atoms with Gasteiger partial charge in [0, 0.05) is 11.3 Å². The van der Waals surface area contributed by atoms with Crippen molar-refractivity contribution in [2.24, 2.45) is 0 Å². The molecule has 0 spiro atoms. The van der Waals surface area contributed by atoms with Crippen molar-refractivity contribution in [1.29, 1.82) is 0 Å². The van der Waals surface area contributed by atoms with Crippen LogP contribution in [0.15, 0.2) is 64.8 Å². The number of anilines is 1. The van der Waals surface area contributed by atoms with E-state index in [0.29, 0.717) is 16.5 Å². The number of carbonyl (C=O) groups excluding carboxylic acids is 1. The Balaban J connectivity index is 1.84. The Morgan fingerprint density at radius 1 is 1.19 bits per heavy atom. The number of halogens is 2. The zero-order chi connectivity index (χ0) is 18.5. The first-order valence-corrected chi connectivity index (χ1v) is 8.50. The second kappa shape index (κ2) is 7.92. The number of rotatable bonds is 6. The monoisotopic (exact) mass is 373 g/mol. The molecule has 3 rings (SSSR count). The summed E-state index contributed by atoms with van der Waals surface area (Å²) in [7, 11) is 0. The molecule has 2 aromatic carbocycles. The third kappa shape index (κ3) is 3.97. The van der Waals surface area contributed by atoms with E-state index in [1.165, 1.54) is 42.1 Å². The highest BCUT2D eigenvalue weighted by molar-refractivity contribution is 7.99. The van der Waals surface area contributed by atoms with Crippen LogP contribution in [-0.2, 0) is 0 Å². The summed E-state index contributed by atoms with van der Waals surface area (Å²) in [4.78, 5) is 12.2. The molecule has 0 saturated carbocycles. The molecule has 0 bridgehead atoms. The molecular formula is C18H13F2N3O2S. The van der Waals surface area contributed by atoms with Crippen LogP contribution < -0.4 is 5.32 Å². The molecule has 3 aromatic rings. The molecule has 0 aliphatic carbocycles. The summed E-state index contributed by atoms with van der Waals surface area (Å²) in [6.07, 6.45) is 1.70. The van der Waals surface area contributed by atoms with Crippen LogP contribution in [0, 0.1) is 11.6 Å². The lowest BCUT2D eigenvalue weighted by atomic mass is 10.1. The van der Waals surface area contributed by atoms with Gasteiger partial charge in [0.1, 0.15) is 11.6 Å². The molecule has 0 saturated heterocycles. The highest BCUT2D eigenvalue weighted by Gasteiger charge is 2.16. The second-order valence-corrected chi connectivity index (χ2v) is 6.07. The van der Waals surface area contributed by atoms with Crippen LogP contribution in [0.3, 0.4) is 0 Å². The van der Waals surface area contributed by atoms with Crippen molar-refractivity contribution >= 4 is 23.4 Å². The molecule has 0 aliphatic heterocycles. The summed E-state index contributed by atoms with van der Waals surface area (Å²) in [5.41, 5.74) is 0.126. The predicted octanol–water partition coefficient (Wildman–Crippen LogP) is 4.55. The molecule has 132 valence electrons. The molecule has 0 radical (unpaired) electrons. The van der Waals surface area contributed by atoms with Crippen molar-refractivity contribution in [3.8, 4) is 11.5 Å². The quantitative estimate of drug-likeness (QED) is 0.507. The van der Waals surface area contributed by atoms with Gasteiger partial charge in [0.15, 0.2) is 0 Å². The topological polar surface area (TPSA) is 68.0 Å². The zero-order valence-electron chi connectivity index (χ0n) is 13.4. The molecule has 5 nitrogen and oxygen atoms in total. The maximum atomic E-state index is 14.0. The fraction of sp³-hybridized carbons (Fsp3) is 0.0556. The Bertz CT molecular complexity index is 959. The van der Waals surface area contributed by atoms with Crippen LogP contribution in [0.5, 0.6) is 0 Å². The number of nitrogens with zero attached hydrogens (tertiary/aromatic N) is 2. The van der Waals surface area contributed by atoms with Crippen molar-refractivity contribution in [2.75, 3.05) is 11.1 Å². The van der Waals surface area contributed by atoms with Crippen LogP contribution in [-0.4, -0.2) is 21.9 Å². The van der Waals surface area contributed by atoms with Crippen molar-refractivity contribution in [1.82, 2.24) is 10.2 Å². The number of carbonyl (C=O) groups is 1. The zero-order valence-corrected chi connectivity index (χ0v) is 14.2. The minimum absolute atomic E-state index is 0.116. The Morgan fingerprint density at radius 3 is 2.77 bits per heavy atom. The fourth-order valence-corrected chi connectivity index (χ4v) is 2.60. The second-order valence-electron chi connectivity index (χ2n) is 5.10. The van der Waals surface area contributed by atoms with Gasteiger partial charge in [0.05, 0.1) is 11.3 Å². The van der Waals surface area contributed by atoms with E-state index in [-0.39, 0.29) is 17.1 Å². The van der Waals surface area contributed by atoms with Gasteiger partial charge in [0.2, 0.25) is 5.89 Å². The van der Waals surface area contributed by atoms with Crippen molar-refractivity contribution < 1.29 is 18.0 Å². The van der Waals surface area contributed by atoms with Crippen molar-refractivity contribution in [3.05, 3.63) is 72.3 Å². The maximum absolute atomic E-state index is 14.0. The molecule has 1 amide bonds. The molecule has 1 heterocycles. The summed E-state index contributed by atoms with van der Waals surface area (Å²) in [6, 6.07) is 9.41. The number of hydrogen-bond acceptors (Lipinski definition) is 5. The highest BCUT2D eigenvalue weighted by atomic mass is 32.2. The summed E-state index contributed by atoms with van der Waals surface area (Å²) in [5.74, 6) is -1.33. The fourth-order valence-electron chi connectivity index (χ4n) is 2.10. The summed E-state index contributed by atoms with van der Waals surface area (Å²) in [5, 5.41) is 10.5. The normalized spacial score (nSPS) is 10.5. The van der Waals surface area contributed by atoms with E-state index < -0.39 is 17.5 Å². The van der Waals surface area contributed by atoms with E-state index in [1.54, 1.807) is 6.08 Å². The minimum atomic E-state index is -0.757. The van der Waals surface area contributed by atoms with Gasteiger partial charge in [-0.2, -0.15) is 0 Å². The van der Waals surface area contributed by atoms with E-state index in [4.69, 9.17) is 4.42 Å². The average Bonchev–Trinajstić information content (AvgIpc) is 3.11. The number of benzene rings is 2. The number of thioether (sulfide) groups is 1. The first-order chi connectivity index (χ1) is 12.6. The van der Waals surface area contributed by atoms with E-state index in [9.17, 15) is 13.6 Å². The lowest BCUT2D eigenvalue weighted by molar-refractivity contribution is 0.102. The largest absolute Gasteiger partial charge is 0.411 e. The van der Waals surface area contributed by atoms with Crippen LogP contribution in [0.2, 0.25) is 0 Å². The van der Waals surface area contributed by atoms with Gasteiger partial charge in [-0.25, -0.2) is 8.78 Å². The van der Waals surface area contributed by atoms with E-state index in [1.807, 2.05) is 0 Å². The molecule has 0 atom stereocenters. The van der Waals surface area contributed by atoms with Crippen LogP contribution in [0.4, 0.5) is 14.5 Å². The van der Waals surface area contributed by atoms with Gasteiger partial charge in [-0.1, -0.05) is 30.0 Å². The molecule has 1 N–H and O–H groups in total. The summed E-state index contributed by atoms with van der Waals surface area (Å²) >= 11 is 1.31. The first kappa shape index (κ1) is 17.8. The number of amides is 1. The maximum Gasteiger partial charge on any atom is 0.277 e. The van der Waals surface area contributed by atoms with Gasteiger partial charge in [-0.3, -0.25) is 4.79 Å². The van der Waals surface area contributed by atoms with E-state index >= 15 is 0 Å². The summed E-state index contributed by atoms with van der Waals surface area (Å²) < 4.78 is 33.2. The van der Waals surface area contributed by atoms with Crippen LogP contribution in [0.25, 0.3) is 11.5 Å². The SMILES string of the molecule is C=CCSc1nnc(-c2ccc(F)c(NC(=O)c3ccccc3F)c2)o1. The van der Waals surface area contributed by atoms with Crippen molar-refractivity contribution in [3.63, 3.8) is 0 Å². The smallest absolute Gasteiger partial charge is 0.277 e. The molecule has 8 heteroatoms. The predicted molar refractivity (Wildman–Crippen MR) is 95.0 cm³/mol. The van der Waals surface area contributed by atoms with Gasteiger partial charge >= 0.3 is 0 Å². The average molecular weight is 373 g/mol. The molecule has 1 aromatic heterocycles. The molecule has 0 unspecified atom stereocenters. The Morgan fingerprint density at radius 2 is 2.00 bits per heavy atom. The van der Waals surface area contributed by atoms with Gasteiger partial charge < -0.3 is 9.73 Å². The van der Waals surface area contributed by atoms with Gasteiger partial charge in [-0.05, 0) is 30.3 Å². The highest BCUT2D eigenvalue weighted by Crippen LogP contribution is 2.27. The number of hydrogen-bond donors (Lipinski definition) is 1. The first-order valence-electron chi connectivity index (χ1n) is 7.51. The number of nitrogens with one attached hydrogen (secondary N) is 1. The molecule has 0 fully saturated rings. The molecule has 26 heavy (non-hydrogen) atoms.